The minimum absolute atomic E-state index is 0.0433. The van der Waals surface area contributed by atoms with Crippen molar-refractivity contribution < 1.29 is 14.1 Å². The van der Waals surface area contributed by atoms with Gasteiger partial charge in [0.25, 0.3) is 5.69 Å². The average Bonchev–Trinajstić information content (AvgIpc) is 3.06. The summed E-state index contributed by atoms with van der Waals surface area (Å²) in [4.78, 5) is 22.2. The van der Waals surface area contributed by atoms with E-state index in [1.807, 2.05) is 0 Å². The number of hydrogen-bond donors (Lipinski definition) is 2. The second-order valence-corrected chi connectivity index (χ2v) is 6.90. The lowest BCUT2D eigenvalue weighted by Gasteiger charge is -2.07. The Bertz CT molecular complexity index is 1010. The van der Waals surface area contributed by atoms with Gasteiger partial charge in [0.05, 0.1) is 17.2 Å². The molecular formula is C18H17FN6O3S. The molecule has 3 aromatic rings. The monoisotopic (exact) mass is 416 g/mol. The van der Waals surface area contributed by atoms with Gasteiger partial charge in [0.2, 0.25) is 5.91 Å². The number of nitrogens with zero attached hydrogens (tertiary/aromatic N) is 4. The molecule has 1 amide bonds. The van der Waals surface area contributed by atoms with E-state index in [9.17, 15) is 19.3 Å². The van der Waals surface area contributed by atoms with Crippen molar-refractivity contribution in [3.8, 4) is 0 Å². The molecule has 0 unspecified atom stereocenters. The highest BCUT2D eigenvalue weighted by atomic mass is 32.2. The normalized spacial score (nSPS) is 10.6. The van der Waals surface area contributed by atoms with Crippen molar-refractivity contribution >= 4 is 34.7 Å². The lowest BCUT2D eigenvalue weighted by atomic mass is 10.3. The van der Waals surface area contributed by atoms with Gasteiger partial charge in [-0.05, 0) is 36.4 Å². The van der Waals surface area contributed by atoms with E-state index >= 15 is 0 Å². The smallest absolute Gasteiger partial charge is 0.269 e. The van der Waals surface area contributed by atoms with E-state index in [1.165, 1.54) is 48.2 Å². The van der Waals surface area contributed by atoms with E-state index in [4.69, 9.17) is 0 Å². The minimum Gasteiger partial charge on any atom is -0.378 e. The highest BCUT2D eigenvalue weighted by molar-refractivity contribution is 7.99. The number of nitrogens with one attached hydrogen (secondary N) is 2. The molecule has 2 N–H and O–H groups in total. The summed E-state index contributed by atoms with van der Waals surface area (Å²) in [7, 11) is 1.79. The topological polar surface area (TPSA) is 115 Å². The summed E-state index contributed by atoms with van der Waals surface area (Å²) in [6, 6.07) is 11.6. The van der Waals surface area contributed by atoms with Crippen molar-refractivity contribution in [2.75, 3.05) is 16.4 Å². The van der Waals surface area contributed by atoms with Crippen molar-refractivity contribution in [2.24, 2.45) is 7.05 Å². The molecule has 3 rings (SSSR count). The zero-order valence-corrected chi connectivity index (χ0v) is 16.1. The maximum atomic E-state index is 12.9. The number of nitro benzene ring substituents is 1. The van der Waals surface area contributed by atoms with Crippen LogP contribution in [0.4, 0.5) is 21.5 Å². The van der Waals surface area contributed by atoms with Crippen LogP contribution in [-0.4, -0.2) is 31.3 Å². The van der Waals surface area contributed by atoms with Gasteiger partial charge >= 0.3 is 0 Å². The fourth-order valence-corrected chi connectivity index (χ4v) is 3.10. The number of carbonyl (C=O) groups excluding carboxylic acids is 1. The van der Waals surface area contributed by atoms with Crippen LogP contribution in [0.1, 0.15) is 5.82 Å². The summed E-state index contributed by atoms with van der Waals surface area (Å²) in [5.74, 6) is 0.194. The third kappa shape index (κ3) is 5.51. The van der Waals surface area contributed by atoms with Crippen LogP contribution in [0.5, 0.6) is 0 Å². The number of rotatable bonds is 8. The number of non-ortho nitro benzene ring substituents is 1. The van der Waals surface area contributed by atoms with Crippen molar-refractivity contribution in [3.63, 3.8) is 0 Å². The number of hydrogen-bond acceptors (Lipinski definition) is 7. The molecule has 0 saturated carbocycles. The quantitative estimate of drug-likeness (QED) is 0.329. The lowest BCUT2D eigenvalue weighted by molar-refractivity contribution is -0.384. The number of thioether (sulfide) groups is 1. The van der Waals surface area contributed by atoms with Crippen LogP contribution in [0.15, 0.2) is 53.7 Å². The summed E-state index contributed by atoms with van der Waals surface area (Å²) in [6.07, 6.45) is 0. The van der Waals surface area contributed by atoms with Gasteiger partial charge in [-0.2, -0.15) is 0 Å². The lowest BCUT2D eigenvalue weighted by Crippen LogP contribution is -2.14. The van der Waals surface area contributed by atoms with Gasteiger partial charge in [-0.15, -0.1) is 10.2 Å². The van der Waals surface area contributed by atoms with Gasteiger partial charge in [-0.3, -0.25) is 14.9 Å². The Morgan fingerprint density at radius 1 is 1.14 bits per heavy atom. The molecule has 0 atom stereocenters. The first kappa shape index (κ1) is 20.3. The molecular weight excluding hydrogens is 399 g/mol. The van der Waals surface area contributed by atoms with Crippen LogP contribution < -0.4 is 10.6 Å². The molecule has 11 heteroatoms. The molecule has 0 aliphatic carbocycles. The van der Waals surface area contributed by atoms with E-state index in [0.717, 1.165) is 5.69 Å². The summed E-state index contributed by atoms with van der Waals surface area (Å²) in [5.41, 5.74) is 1.19. The molecule has 0 aliphatic rings. The summed E-state index contributed by atoms with van der Waals surface area (Å²) in [5, 5.41) is 25.2. The average molecular weight is 416 g/mol. The first-order valence-electron chi connectivity index (χ1n) is 8.47. The second kappa shape index (κ2) is 9.15. The highest BCUT2D eigenvalue weighted by Gasteiger charge is 2.12. The maximum Gasteiger partial charge on any atom is 0.269 e. The molecule has 0 radical (unpaired) electrons. The fourth-order valence-electron chi connectivity index (χ4n) is 2.37. The van der Waals surface area contributed by atoms with Crippen LogP contribution in [0, 0.1) is 15.9 Å². The molecule has 0 fully saturated rings. The van der Waals surface area contributed by atoms with Gasteiger partial charge in [-0.1, -0.05) is 11.8 Å². The molecule has 0 bridgehead atoms. The Hall–Kier alpha value is -3.47. The van der Waals surface area contributed by atoms with Crippen LogP contribution in [0.2, 0.25) is 0 Å². The van der Waals surface area contributed by atoms with Crippen molar-refractivity contribution in [3.05, 3.63) is 70.3 Å². The number of nitro groups is 1. The minimum atomic E-state index is -0.502. The van der Waals surface area contributed by atoms with Gasteiger partial charge in [0.15, 0.2) is 11.0 Å². The molecule has 0 aliphatic heterocycles. The SMILES string of the molecule is Cn1c(CNc2ccc(F)cc2)nnc1SCC(=O)Nc1ccc([N+](=O)[O-])cc1. The zero-order chi connectivity index (χ0) is 20.8. The largest absolute Gasteiger partial charge is 0.378 e. The van der Waals surface area contributed by atoms with E-state index < -0.39 is 4.92 Å². The van der Waals surface area contributed by atoms with Gasteiger partial charge in [0.1, 0.15) is 5.82 Å². The van der Waals surface area contributed by atoms with Gasteiger partial charge in [-0.25, -0.2) is 4.39 Å². The summed E-state index contributed by atoms with van der Waals surface area (Å²) < 4.78 is 14.7. The number of aromatic nitrogens is 3. The van der Waals surface area contributed by atoms with Crippen molar-refractivity contribution in [1.82, 2.24) is 14.8 Å². The maximum absolute atomic E-state index is 12.9. The third-order valence-electron chi connectivity index (χ3n) is 3.91. The molecule has 2 aromatic carbocycles. The fraction of sp³-hybridized carbons (Fsp3) is 0.167. The van der Waals surface area contributed by atoms with E-state index in [1.54, 1.807) is 23.7 Å². The Morgan fingerprint density at radius 3 is 2.45 bits per heavy atom. The molecule has 0 spiro atoms. The Kier molecular flexibility index (Phi) is 6.39. The number of anilines is 2. The Labute approximate surface area is 169 Å². The molecule has 29 heavy (non-hydrogen) atoms. The Morgan fingerprint density at radius 2 is 1.79 bits per heavy atom. The van der Waals surface area contributed by atoms with Crippen LogP contribution in [0.3, 0.4) is 0 Å². The van der Waals surface area contributed by atoms with Crippen LogP contribution in [-0.2, 0) is 18.4 Å². The zero-order valence-electron chi connectivity index (χ0n) is 15.3. The molecule has 150 valence electrons. The standard InChI is InChI=1S/C18H17FN6O3S/c1-24-16(10-20-13-4-2-12(19)3-5-13)22-23-18(24)29-11-17(26)21-14-6-8-15(9-7-14)25(27)28/h2-9,20H,10-11H2,1H3,(H,21,26). The van der Waals surface area contributed by atoms with E-state index in [2.05, 4.69) is 20.8 Å². The Balaban J connectivity index is 1.50. The number of carbonyl (C=O) groups is 1. The van der Waals surface area contributed by atoms with Crippen LogP contribution in [0.25, 0.3) is 0 Å². The highest BCUT2D eigenvalue weighted by Crippen LogP contribution is 2.19. The number of halogens is 1. The number of benzene rings is 2. The molecule has 1 heterocycles. The predicted molar refractivity (Wildman–Crippen MR) is 107 cm³/mol. The molecule has 0 saturated heterocycles. The van der Waals surface area contributed by atoms with Crippen LogP contribution >= 0.6 is 11.8 Å². The van der Waals surface area contributed by atoms with E-state index in [-0.39, 0.29) is 23.2 Å². The second-order valence-electron chi connectivity index (χ2n) is 5.96. The van der Waals surface area contributed by atoms with Crippen molar-refractivity contribution in [2.45, 2.75) is 11.7 Å². The number of amides is 1. The van der Waals surface area contributed by atoms with Crippen molar-refractivity contribution in [1.29, 1.82) is 0 Å². The first-order chi connectivity index (χ1) is 13.9. The summed E-state index contributed by atoms with van der Waals surface area (Å²) >= 11 is 1.22. The van der Waals surface area contributed by atoms with Gasteiger partial charge in [0, 0.05) is 30.6 Å². The first-order valence-corrected chi connectivity index (χ1v) is 9.46. The van der Waals surface area contributed by atoms with Gasteiger partial charge < -0.3 is 15.2 Å². The summed E-state index contributed by atoms with van der Waals surface area (Å²) in [6.45, 7) is 0.394. The molecule has 9 nitrogen and oxygen atoms in total. The molecule has 1 aromatic heterocycles. The predicted octanol–water partition coefficient (Wildman–Crippen LogP) is 3.21. The van der Waals surface area contributed by atoms with E-state index in [0.29, 0.717) is 23.2 Å². The third-order valence-corrected chi connectivity index (χ3v) is 4.93.